The molecule has 0 fully saturated rings. The summed E-state index contributed by atoms with van der Waals surface area (Å²) in [5.41, 5.74) is 0.630. The summed E-state index contributed by atoms with van der Waals surface area (Å²) in [6.07, 6.45) is 7.68. The fourth-order valence-electron chi connectivity index (χ4n) is 1.71. The van der Waals surface area contributed by atoms with Crippen LogP contribution in [0.25, 0.3) is 5.82 Å². The molecule has 0 atom stereocenters. The summed E-state index contributed by atoms with van der Waals surface area (Å²) in [6.45, 7) is 0. The minimum absolute atomic E-state index is 0.123. The van der Waals surface area contributed by atoms with Crippen molar-refractivity contribution in [3.8, 4) is 5.82 Å². The molecule has 0 saturated carbocycles. The van der Waals surface area contributed by atoms with Crippen LogP contribution in [-0.4, -0.2) is 30.6 Å². The third-order valence-corrected chi connectivity index (χ3v) is 2.78. The van der Waals surface area contributed by atoms with Crippen molar-refractivity contribution < 1.29 is 4.79 Å². The Morgan fingerprint density at radius 2 is 2.14 bits per heavy atom. The van der Waals surface area contributed by atoms with Crippen molar-refractivity contribution in [3.63, 3.8) is 0 Å². The molecule has 3 aromatic rings. The summed E-state index contributed by atoms with van der Waals surface area (Å²) in [7, 11) is 0. The standard InChI is InChI=1S/C13H9ClN6O/c14-11-8-15-7-10(18-11)13(21)19-9-3-1-4-16-12(9)20-6-2-5-17-20/h1-8H,(H,19,21). The molecule has 7 nitrogen and oxygen atoms in total. The SMILES string of the molecule is O=C(Nc1cccnc1-n1cccn1)c1cncc(Cl)n1. The van der Waals surface area contributed by atoms with Gasteiger partial charge in [-0.1, -0.05) is 11.6 Å². The molecule has 0 spiro atoms. The quantitative estimate of drug-likeness (QED) is 0.799. The Hall–Kier alpha value is -2.80. The molecule has 0 unspecified atom stereocenters. The molecule has 0 aliphatic heterocycles. The van der Waals surface area contributed by atoms with Crippen LogP contribution in [0.1, 0.15) is 10.5 Å². The molecular weight excluding hydrogens is 292 g/mol. The van der Waals surface area contributed by atoms with Crippen LogP contribution in [0.5, 0.6) is 0 Å². The number of pyridine rings is 1. The molecule has 0 radical (unpaired) electrons. The Morgan fingerprint density at radius 1 is 1.24 bits per heavy atom. The van der Waals surface area contributed by atoms with Crippen molar-refractivity contribution in [3.05, 3.63) is 60.0 Å². The Morgan fingerprint density at radius 3 is 2.90 bits per heavy atom. The average molecular weight is 301 g/mol. The first-order valence-electron chi connectivity index (χ1n) is 5.98. The lowest BCUT2D eigenvalue weighted by Crippen LogP contribution is -2.16. The van der Waals surface area contributed by atoms with Gasteiger partial charge in [-0.2, -0.15) is 5.10 Å². The number of amides is 1. The number of anilines is 1. The van der Waals surface area contributed by atoms with Crippen molar-refractivity contribution in [2.45, 2.75) is 0 Å². The molecule has 8 heteroatoms. The van der Waals surface area contributed by atoms with Crippen LogP contribution < -0.4 is 5.32 Å². The van der Waals surface area contributed by atoms with Crippen LogP contribution in [-0.2, 0) is 0 Å². The van der Waals surface area contributed by atoms with E-state index in [1.54, 1.807) is 41.5 Å². The summed E-state index contributed by atoms with van der Waals surface area (Å²) in [6, 6.07) is 5.20. The second-order valence-corrected chi connectivity index (χ2v) is 4.39. The maximum Gasteiger partial charge on any atom is 0.276 e. The van der Waals surface area contributed by atoms with Gasteiger partial charge in [0.15, 0.2) is 5.82 Å². The van der Waals surface area contributed by atoms with Gasteiger partial charge in [0.1, 0.15) is 10.8 Å². The highest BCUT2D eigenvalue weighted by atomic mass is 35.5. The van der Waals surface area contributed by atoms with Gasteiger partial charge >= 0.3 is 0 Å². The van der Waals surface area contributed by atoms with Crippen molar-refractivity contribution in [1.29, 1.82) is 0 Å². The van der Waals surface area contributed by atoms with Gasteiger partial charge in [0.25, 0.3) is 5.91 Å². The zero-order valence-electron chi connectivity index (χ0n) is 10.6. The Balaban J connectivity index is 1.90. The van der Waals surface area contributed by atoms with Gasteiger partial charge in [-0.15, -0.1) is 0 Å². The number of carbonyl (C=O) groups excluding carboxylic acids is 1. The van der Waals surface area contributed by atoms with Crippen molar-refractivity contribution in [2.24, 2.45) is 0 Å². The fourth-order valence-corrected chi connectivity index (χ4v) is 1.86. The predicted octanol–water partition coefficient (Wildman–Crippen LogP) is 1.96. The Kier molecular flexibility index (Phi) is 3.57. The smallest absolute Gasteiger partial charge is 0.276 e. The molecule has 0 aliphatic rings. The predicted molar refractivity (Wildman–Crippen MR) is 76.4 cm³/mol. The van der Waals surface area contributed by atoms with Crippen LogP contribution in [0.3, 0.4) is 0 Å². The maximum absolute atomic E-state index is 12.2. The minimum Gasteiger partial charge on any atom is -0.317 e. The number of carbonyl (C=O) groups is 1. The molecule has 0 aromatic carbocycles. The number of aromatic nitrogens is 5. The number of halogens is 1. The summed E-state index contributed by atoms with van der Waals surface area (Å²) < 4.78 is 1.55. The third kappa shape index (κ3) is 2.87. The maximum atomic E-state index is 12.2. The molecule has 3 aromatic heterocycles. The van der Waals surface area contributed by atoms with E-state index in [2.05, 4.69) is 25.4 Å². The summed E-state index contributed by atoms with van der Waals surface area (Å²) in [5.74, 6) is 0.0808. The first-order valence-corrected chi connectivity index (χ1v) is 6.36. The number of nitrogens with zero attached hydrogens (tertiary/aromatic N) is 5. The molecule has 1 N–H and O–H groups in total. The van der Waals surface area contributed by atoms with Gasteiger partial charge in [-0.3, -0.25) is 9.78 Å². The summed E-state index contributed by atoms with van der Waals surface area (Å²) >= 11 is 5.72. The van der Waals surface area contributed by atoms with Crippen molar-refractivity contribution in [1.82, 2.24) is 24.7 Å². The molecule has 0 saturated heterocycles. The number of hydrogen-bond acceptors (Lipinski definition) is 5. The van der Waals surface area contributed by atoms with Gasteiger partial charge in [0.05, 0.1) is 18.1 Å². The third-order valence-electron chi connectivity index (χ3n) is 2.59. The van der Waals surface area contributed by atoms with E-state index in [0.29, 0.717) is 11.5 Å². The lowest BCUT2D eigenvalue weighted by atomic mass is 10.3. The largest absolute Gasteiger partial charge is 0.317 e. The topological polar surface area (TPSA) is 85.6 Å². The fraction of sp³-hybridized carbons (Fsp3) is 0. The van der Waals surface area contributed by atoms with E-state index in [1.807, 2.05) is 0 Å². The molecule has 21 heavy (non-hydrogen) atoms. The number of nitrogens with one attached hydrogen (secondary N) is 1. The van der Waals surface area contributed by atoms with Crippen LogP contribution >= 0.6 is 11.6 Å². The van der Waals surface area contributed by atoms with Gasteiger partial charge in [0, 0.05) is 18.6 Å². The van der Waals surface area contributed by atoms with Gasteiger partial charge in [-0.05, 0) is 18.2 Å². The Labute approximate surface area is 124 Å². The van der Waals surface area contributed by atoms with E-state index in [0.717, 1.165) is 0 Å². The molecule has 3 rings (SSSR count). The highest BCUT2D eigenvalue weighted by molar-refractivity contribution is 6.29. The summed E-state index contributed by atoms with van der Waals surface area (Å²) in [5, 5.41) is 6.97. The minimum atomic E-state index is -0.425. The number of hydrogen-bond donors (Lipinski definition) is 1. The van der Waals surface area contributed by atoms with E-state index < -0.39 is 5.91 Å². The monoisotopic (exact) mass is 300 g/mol. The van der Waals surface area contributed by atoms with Gasteiger partial charge < -0.3 is 5.32 Å². The van der Waals surface area contributed by atoms with Crippen molar-refractivity contribution >= 4 is 23.2 Å². The zero-order chi connectivity index (χ0) is 14.7. The van der Waals surface area contributed by atoms with Gasteiger partial charge in [-0.25, -0.2) is 14.6 Å². The Bertz CT molecular complexity index is 774. The normalized spacial score (nSPS) is 10.3. The molecule has 0 bridgehead atoms. The van der Waals surface area contributed by atoms with E-state index >= 15 is 0 Å². The number of rotatable bonds is 3. The first-order chi connectivity index (χ1) is 10.2. The van der Waals surface area contributed by atoms with Crippen LogP contribution in [0.4, 0.5) is 5.69 Å². The zero-order valence-corrected chi connectivity index (χ0v) is 11.4. The van der Waals surface area contributed by atoms with Crippen LogP contribution in [0.15, 0.2) is 49.2 Å². The lowest BCUT2D eigenvalue weighted by Gasteiger charge is -2.09. The molecule has 3 heterocycles. The van der Waals surface area contributed by atoms with E-state index in [4.69, 9.17) is 11.6 Å². The van der Waals surface area contributed by atoms with E-state index in [9.17, 15) is 4.79 Å². The molecular formula is C13H9ClN6O. The molecule has 0 aliphatic carbocycles. The lowest BCUT2D eigenvalue weighted by molar-refractivity contribution is 0.102. The summed E-state index contributed by atoms with van der Waals surface area (Å²) in [4.78, 5) is 24.1. The second-order valence-electron chi connectivity index (χ2n) is 4.01. The van der Waals surface area contributed by atoms with Crippen LogP contribution in [0, 0.1) is 0 Å². The van der Waals surface area contributed by atoms with E-state index in [-0.39, 0.29) is 10.8 Å². The molecule has 1 amide bonds. The highest BCUT2D eigenvalue weighted by Gasteiger charge is 2.13. The average Bonchev–Trinajstić information content (AvgIpc) is 3.02. The van der Waals surface area contributed by atoms with Gasteiger partial charge in [0.2, 0.25) is 0 Å². The highest BCUT2D eigenvalue weighted by Crippen LogP contribution is 2.17. The van der Waals surface area contributed by atoms with Crippen LogP contribution in [0.2, 0.25) is 5.15 Å². The van der Waals surface area contributed by atoms with E-state index in [1.165, 1.54) is 12.4 Å². The second kappa shape index (κ2) is 5.68. The van der Waals surface area contributed by atoms with Crippen molar-refractivity contribution in [2.75, 3.05) is 5.32 Å². The first kappa shape index (κ1) is 13.2. The molecule has 104 valence electrons.